The molecule has 21 heavy (non-hydrogen) atoms. The van der Waals surface area contributed by atoms with Crippen molar-refractivity contribution >= 4 is 17.8 Å². The van der Waals surface area contributed by atoms with Crippen LogP contribution in [0, 0.1) is 11.3 Å². The van der Waals surface area contributed by atoms with E-state index in [1.54, 1.807) is 0 Å². The van der Waals surface area contributed by atoms with Gasteiger partial charge in [-0.25, -0.2) is 4.79 Å². The number of hydrogen-bond acceptors (Lipinski definition) is 3. The second kappa shape index (κ2) is 7.43. The number of carbonyl (C=O) groups is 3. The molecule has 0 radical (unpaired) electrons. The van der Waals surface area contributed by atoms with Crippen LogP contribution < -0.4 is 5.32 Å². The standard InChI is InChI=1S/C15H25NO5/c1-10(2)8-11(13(18)19)16-12(17)9-15(14(20)21)6-4-3-5-7-15/h10-11H,3-9H2,1-2H3,(H,16,17)(H,18,19)(H,20,21). The van der Waals surface area contributed by atoms with Crippen LogP contribution in [0.5, 0.6) is 0 Å². The minimum Gasteiger partial charge on any atom is -0.481 e. The molecule has 1 amide bonds. The molecular weight excluding hydrogens is 274 g/mol. The Kier molecular flexibility index (Phi) is 6.18. The Morgan fingerprint density at radius 2 is 1.67 bits per heavy atom. The van der Waals surface area contributed by atoms with Gasteiger partial charge in [0.05, 0.1) is 5.41 Å². The molecule has 6 nitrogen and oxygen atoms in total. The lowest BCUT2D eigenvalue weighted by molar-refractivity contribution is -0.154. The quantitative estimate of drug-likeness (QED) is 0.667. The molecule has 1 unspecified atom stereocenters. The first kappa shape index (κ1) is 17.5. The molecule has 1 rings (SSSR count). The van der Waals surface area contributed by atoms with E-state index in [1.807, 2.05) is 13.8 Å². The molecule has 0 heterocycles. The molecule has 0 aliphatic heterocycles. The van der Waals surface area contributed by atoms with Crippen LogP contribution in [0.1, 0.15) is 58.8 Å². The second-order valence-corrected chi connectivity index (χ2v) is 6.41. The number of aliphatic carboxylic acids is 2. The van der Waals surface area contributed by atoms with Crippen molar-refractivity contribution in [2.24, 2.45) is 11.3 Å². The summed E-state index contributed by atoms with van der Waals surface area (Å²) in [5.41, 5.74) is -1.02. The molecule has 0 spiro atoms. The SMILES string of the molecule is CC(C)CC(NC(=O)CC1(C(=O)O)CCCCC1)C(=O)O. The Bertz CT molecular complexity index is 399. The molecule has 1 fully saturated rings. The van der Waals surface area contributed by atoms with Gasteiger partial charge in [0, 0.05) is 6.42 Å². The third-order valence-electron chi connectivity index (χ3n) is 4.10. The van der Waals surface area contributed by atoms with Crippen LogP contribution in [0.3, 0.4) is 0 Å². The molecule has 1 atom stereocenters. The molecule has 0 saturated heterocycles. The fourth-order valence-corrected chi connectivity index (χ4v) is 2.94. The molecule has 3 N–H and O–H groups in total. The Labute approximate surface area is 124 Å². The van der Waals surface area contributed by atoms with Crippen molar-refractivity contribution in [2.45, 2.75) is 64.8 Å². The molecule has 6 heteroatoms. The van der Waals surface area contributed by atoms with Crippen LogP contribution in [0.15, 0.2) is 0 Å². The molecule has 1 saturated carbocycles. The van der Waals surface area contributed by atoms with E-state index in [0.29, 0.717) is 19.3 Å². The summed E-state index contributed by atoms with van der Waals surface area (Å²) in [4.78, 5) is 34.7. The molecular formula is C15H25NO5. The van der Waals surface area contributed by atoms with Gasteiger partial charge in [-0.2, -0.15) is 0 Å². The van der Waals surface area contributed by atoms with Crippen molar-refractivity contribution in [1.82, 2.24) is 5.32 Å². The number of amides is 1. The predicted octanol–water partition coefficient (Wildman–Crippen LogP) is 2.03. The summed E-state index contributed by atoms with van der Waals surface area (Å²) in [5.74, 6) is -2.37. The number of hydrogen-bond donors (Lipinski definition) is 3. The van der Waals surface area contributed by atoms with E-state index >= 15 is 0 Å². The monoisotopic (exact) mass is 299 g/mol. The van der Waals surface area contributed by atoms with Gasteiger partial charge in [0.1, 0.15) is 6.04 Å². The fraction of sp³-hybridized carbons (Fsp3) is 0.800. The smallest absolute Gasteiger partial charge is 0.326 e. The zero-order valence-electron chi connectivity index (χ0n) is 12.7. The number of carbonyl (C=O) groups excluding carboxylic acids is 1. The van der Waals surface area contributed by atoms with Gasteiger partial charge >= 0.3 is 11.9 Å². The van der Waals surface area contributed by atoms with Crippen molar-refractivity contribution in [3.8, 4) is 0 Å². The maximum atomic E-state index is 12.1. The normalized spacial score (nSPS) is 19.0. The van der Waals surface area contributed by atoms with Gasteiger partial charge in [0.15, 0.2) is 0 Å². The molecule has 0 bridgehead atoms. The summed E-state index contributed by atoms with van der Waals surface area (Å²) in [6, 6.07) is -0.952. The van der Waals surface area contributed by atoms with Crippen LogP contribution in [0.25, 0.3) is 0 Å². The summed E-state index contributed by atoms with van der Waals surface area (Å²) >= 11 is 0. The minimum absolute atomic E-state index is 0.134. The maximum absolute atomic E-state index is 12.1. The van der Waals surface area contributed by atoms with E-state index in [1.165, 1.54) is 0 Å². The molecule has 0 aromatic heterocycles. The third kappa shape index (κ3) is 5.02. The molecule has 0 aromatic carbocycles. The average Bonchev–Trinajstić information content (AvgIpc) is 2.38. The Morgan fingerprint density at radius 1 is 1.10 bits per heavy atom. The molecule has 120 valence electrons. The van der Waals surface area contributed by atoms with Gasteiger partial charge in [0.25, 0.3) is 0 Å². The van der Waals surface area contributed by atoms with Gasteiger partial charge in [-0.05, 0) is 25.2 Å². The first-order chi connectivity index (χ1) is 9.77. The van der Waals surface area contributed by atoms with Gasteiger partial charge in [-0.3, -0.25) is 9.59 Å². The highest BCUT2D eigenvalue weighted by atomic mass is 16.4. The highest BCUT2D eigenvalue weighted by Gasteiger charge is 2.41. The number of rotatable bonds is 7. The highest BCUT2D eigenvalue weighted by Crippen LogP contribution is 2.39. The van der Waals surface area contributed by atoms with Gasteiger partial charge in [-0.15, -0.1) is 0 Å². The van der Waals surface area contributed by atoms with Crippen molar-refractivity contribution in [1.29, 1.82) is 0 Å². The zero-order chi connectivity index (χ0) is 16.0. The number of carboxylic acid groups (broad SMARTS) is 2. The summed E-state index contributed by atoms with van der Waals surface area (Å²) in [5, 5.41) is 21.0. The van der Waals surface area contributed by atoms with E-state index in [0.717, 1.165) is 19.3 Å². The van der Waals surface area contributed by atoms with Crippen molar-refractivity contribution in [3.63, 3.8) is 0 Å². The van der Waals surface area contributed by atoms with E-state index < -0.39 is 29.3 Å². The average molecular weight is 299 g/mol. The van der Waals surface area contributed by atoms with Crippen LogP contribution in [-0.2, 0) is 14.4 Å². The predicted molar refractivity (Wildman–Crippen MR) is 76.8 cm³/mol. The summed E-state index contributed by atoms with van der Waals surface area (Å²) in [7, 11) is 0. The van der Waals surface area contributed by atoms with Crippen LogP contribution >= 0.6 is 0 Å². The van der Waals surface area contributed by atoms with Gasteiger partial charge < -0.3 is 15.5 Å². The van der Waals surface area contributed by atoms with Crippen LogP contribution in [-0.4, -0.2) is 34.1 Å². The number of carboxylic acids is 2. The highest BCUT2D eigenvalue weighted by molar-refractivity contribution is 5.88. The van der Waals surface area contributed by atoms with Crippen molar-refractivity contribution in [3.05, 3.63) is 0 Å². The number of nitrogens with one attached hydrogen (secondary N) is 1. The zero-order valence-corrected chi connectivity index (χ0v) is 12.7. The largest absolute Gasteiger partial charge is 0.481 e. The molecule has 1 aliphatic rings. The van der Waals surface area contributed by atoms with Gasteiger partial charge in [-0.1, -0.05) is 33.1 Å². The van der Waals surface area contributed by atoms with Crippen LogP contribution in [0.2, 0.25) is 0 Å². The summed E-state index contributed by atoms with van der Waals surface area (Å²) < 4.78 is 0. The third-order valence-corrected chi connectivity index (χ3v) is 4.10. The summed E-state index contributed by atoms with van der Waals surface area (Å²) in [6.07, 6.45) is 3.75. The lowest BCUT2D eigenvalue weighted by Crippen LogP contribution is -2.45. The molecule has 0 aromatic rings. The topological polar surface area (TPSA) is 104 Å². The van der Waals surface area contributed by atoms with E-state index in [9.17, 15) is 19.5 Å². The second-order valence-electron chi connectivity index (χ2n) is 6.41. The lowest BCUT2D eigenvalue weighted by atomic mass is 9.71. The van der Waals surface area contributed by atoms with Crippen LogP contribution in [0.4, 0.5) is 0 Å². The Balaban J connectivity index is 2.68. The first-order valence-corrected chi connectivity index (χ1v) is 7.52. The van der Waals surface area contributed by atoms with Gasteiger partial charge in [0.2, 0.25) is 5.91 Å². The van der Waals surface area contributed by atoms with E-state index in [4.69, 9.17) is 5.11 Å². The lowest BCUT2D eigenvalue weighted by Gasteiger charge is -2.32. The molecule has 1 aliphatic carbocycles. The van der Waals surface area contributed by atoms with Crippen molar-refractivity contribution in [2.75, 3.05) is 0 Å². The summed E-state index contributed by atoms with van der Waals surface area (Å²) in [6.45, 7) is 3.75. The fourth-order valence-electron chi connectivity index (χ4n) is 2.94. The van der Waals surface area contributed by atoms with E-state index in [-0.39, 0.29) is 12.3 Å². The minimum atomic E-state index is -1.08. The maximum Gasteiger partial charge on any atom is 0.326 e. The Hall–Kier alpha value is -1.59. The van der Waals surface area contributed by atoms with E-state index in [2.05, 4.69) is 5.32 Å². The van der Waals surface area contributed by atoms with Crippen molar-refractivity contribution < 1.29 is 24.6 Å². The first-order valence-electron chi connectivity index (χ1n) is 7.52. The Morgan fingerprint density at radius 3 is 2.10 bits per heavy atom.